The molecule has 1 heterocycles. The number of thiophene rings is 1. The lowest BCUT2D eigenvalue weighted by Crippen LogP contribution is -2.33. The molecule has 0 saturated carbocycles. The normalized spacial score (nSPS) is 11.5. The van der Waals surface area contributed by atoms with Gasteiger partial charge in [-0.2, -0.15) is 0 Å². The van der Waals surface area contributed by atoms with E-state index < -0.39 is 5.41 Å². The third-order valence-electron chi connectivity index (χ3n) is 3.15. The topological polar surface area (TPSA) is 59.1 Å². The van der Waals surface area contributed by atoms with Crippen molar-refractivity contribution < 1.29 is 4.74 Å². The van der Waals surface area contributed by atoms with Crippen molar-refractivity contribution in [3.05, 3.63) is 41.8 Å². The minimum Gasteiger partial charge on any atom is -0.490 e. The molecule has 0 aliphatic carbocycles. The predicted octanol–water partition coefficient (Wildman–Crippen LogP) is 3.68. The van der Waals surface area contributed by atoms with Gasteiger partial charge in [0.25, 0.3) is 0 Å². The van der Waals surface area contributed by atoms with Gasteiger partial charge in [0.1, 0.15) is 18.2 Å². The molecule has 0 amide bonds. The molecule has 1 aromatic heterocycles. The Hall–Kier alpha value is -1.81. The van der Waals surface area contributed by atoms with E-state index in [1.54, 1.807) is 17.4 Å². The molecule has 0 unspecified atom stereocenters. The SMILES string of the molecule is C=CCOc1ccc2cc(C(C)(C)C(=N)N)sc2c1. The average Bonchev–Trinajstić information content (AvgIpc) is 2.79. The lowest BCUT2D eigenvalue weighted by atomic mass is 9.90. The molecule has 1 aromatic carbocycles. The highest BCUT2D eigenvalue weighted by Crippen LogP contribution is 2.36. The van der Waals surface area contributed by atoms with Crippen LogP contribution in [0.3, 0.4) is 0 Å². The summed E-state index contributed by atoms with van der Waals surface area (Å²) in [5.74, 6) is 1.02. The molecule has 2 rings (SSSR count). The molecular weight excluding hydrogens is 256 g/mol. The van der Waals surface area contributed by atoms with Crippen LogP contribution in [-0.2, 0) is 5.41 Å². The first-order chi connectivity index (χ1) is 8.95. The lowest BCUT2D eigenvalue weighted by Gasteiger charge is -2.20. The van der Waals surface area contributed by atoms with Gasteiger partial charge >= 0.3 is 0 Å². The van der Waals surface area contributed by atoms with E-state index >= 15 is 0 Å². The van der Waals surface area contributed by atoms with E-state index in [9.17, 15) is 0 Å². The van der Waals surface area contributed by atoms with Crippen LogP contribution in [0.2, 0.25) is 0 Å². The molecule has 3 N–H and O–H groups in total. The fraction of sp³-hybridized carbons (Fsp3) is 0.267. The second-order valence-electron chi connectivity index (χ2n) is 4.95. The largest absolute Gasteiger partial charge is 0.490 e. The summed E-state index contributed by atoms with van der Waals surface area (Å²) < 4.78 is 6.67. The predicted molar refractivity (Wildman–Crippen MR) is 82.5 cm³/mol. The summed E-state index contributed by atoms with van der Waals surface area (Å²) in [4.78, 5) is 1.09. The van der Waals surface area contributed by atoms with E-state index in [1.807, 2.05) is 32.0 Å². The third-order valence-corrected chi connectivity index (χ3v) is 4.57. The Morgan fingerprint density at radius 3 is 2.84 bits per heavy atom. The van der Waals surface area contributed by atoms with Crippen LogP contribution in [-0.4, -0.2) is 12.4 Å². The summed E-state index contributed by atoms with van der Waals surface area (Å²) in [6.45, 7) is 8.07. The van der Waals surface area contributed by atoms with Crippen molar-refractivity contribution in [3.8, 4) is 5.75 Å². The summed E-state index contributed by atoms with van der Waals surface area (Å²) in [7, 11) is 0. The number of fused-ring (bicyclic) bond motifs is 1. The zero-order valence-corrected chi connectivity index (χ0v) is 12.0. The Bertz CT molecular complexity index is 628. The third kappa shape index (κ3) is 2.63. The smallest absolute Gasteiger partial charge is 0.121 e. The van der Waals surface area contributed by atoms with Crippen molar-refractivity contribution in [3.63, 3.8) is 0 Å². The van der Waals surface area contributed by atoms with Crippen molar-refractivity contribution in [2.45, 2.75) is 19.3 Å². The molecule has 2 aromatic rings. The summed E-state index contributed by atoms with van der Waals surface area (Å²) in [5.41, 5.74) is 5.25. The van der Waals surface area contributed by atoms with Crippen LogP contribution in [0.15, 0.2) is 36.9 Å². The number of hydrogen-bond donors (Lipinski definition) is 2. The Balaban J connectivity index is 2.40. The highest BCUT2D eigenvalue weighted by atomic mass is 32.1. The molecule has 4 heteroatoms. The molecule has 0 aliphatic rings. The van der Waals surface area contributed by atoms with Crippen molar-refractivity contribution in [1.29, 1.82) is 5.41 Å². The number of hydrogen-bond acceptors (Lipinski definition) is 3. The van der Waals surface area contributed by atoms with Crippen LogP contribution in [0, 0.1) is 5.41 Å². The van der Waals surface area contributed by atoms with Gasteiger partial charge in [-0.05, 0) is 43.5 Å². The van der Waals surface area contributed by atoms with Gasteiger partial charge in [-0.1, -0.05) is 12.7 Å². The molecule has 0 radical (unpaired) electrons. The van der Waals surface area contributed by atoms with E-state index in [0.29, 0.717) is 6.61 Å². The molecule has 19 heavy (non-hydrogen) atoms. The van der Waals surface area contributed by atoms with E-state index in [-0.39, 0.29) is 5.84 Å². The first kappa shape index (κ1) is 13.6. The molecule has 0 fully saturated rings. The minimum absolute atomic E-state index is 0.183. The number of rotatable bonds is 5. The zero-order valence-electron chi connectivity index (χ0n) is 11.2. The van der Waals surface area contributed by atoms with Gasteiger partial charge in [-0.15, -0.1) is 11.3 Å². The van der Waals surface area contributed by atoms with E-state index in [2.05, 4.69) is 12.6 Å². The number of nitrogens with one attached hydrogen (secondary N) is 1. The fourth-order valence-corrected chi connectivity index (χ4v) is 2.90. The first-order valence-corrected chi connectivity index (χ1v) is 6.89. The van der Waals surface area contributed by atoms with E-state index in [1.165, 1.54) is 0 Å². The van der Waals surface area contributed by atoms with Crippen LogP contribution in [0.25, 0.3) is 10.1 Å². The molecule has 0 spiro atoms. The molecule has 3 nitrogen and oxygen atoms in total. The standard InChI is InChI=1S/C15H18N2OS/c1-4-7-18-11-6-5-10-8-13(19-12(10)9-11)15(2,3)14(16)17/h4-6,8-9H,1,7H2,2-3H3,(H3,16,17). The molecule has 0 saturated heterocycles. The summed E-state index contributed by atoms with van der Waals surface area (Å²) in [6.07, 6.45) is 1.73. The maximum Gasteiger partial charge on any atom is 0.121 e. The monoisotopic (exact) mass is 274 g/mol. The highest BCUT2D eigenvalue weighted by Gasteiger charge is 2.26. The van der Waals surface area contributed by atoms with Crippen LogP contribution < -0.4 is 10.5 Å². The number of nitrogens with two attached hydrogens (primary N) is 1. The van der Waals surface area contributed by atoms with Crippen LogP contribution in [0.4, 0.5) is 0 Å². The second kappa shape index (κ2) is 5.05. The Kier molecular flexibility index (Phi) is 3.62. The van der Waals surface area contributed by atoms with Crippen LogP contribution >= 0.6 is 11.3 Å². The Morgan fingerprint density at radius 1 is 1.47 bits per heavy atom. The maximum absolute atomic E-state index is 7.69. The average molecular weight is 274 g/mol. The van der Waals surface area contributed by atoms with Crippen LogP contribution in [0.1, 0.15) is 18.7 Å². The fourth-order valence-electron chi connectivity index (χ4n) is 1.70. The summed E-state index contributed by atoms with van der Waals surface area (Å²) in [6, 6.07) is 8.09. The first-order valence-electron chi connectivity index (χ1n) is 6.07. The molecule has 0 bridgehead atoms. The Morgan fingerprint density at radius 2 is 2.21 bits per heavy atom. The van der Waals surface area contributed by atoms with Gasteiger partial charge in [-0.3, -0.25) is 5.41 Å². The molecular formula is C15H18N2OS. The number of amidine groups is 1. The summed E-state index contributed by atoms with van der Waals surface area (Å²) >= 11 is 1.65. The lowest BCUT2D eigenvalue weighted by molar-refractivity contribution is 0.364. The summed E-state index contributed by atoms with van der Waals surface area (Å²) in [5, 5.41) is 8.84. The van der Waals surface area contributed by atoms with Gasteiger partial charge in [0.05, 0.1) is 5.41 Å². The second-order valence-corrected chi connectivity index (χ2v) is 6.03. The van der Waals surface area contributed by atoms with Gasteiger partial charge in [0, 0.05) is 9.58 Å². The van der Waals surface area contributed by atoms with Crippen molar-refractivity contribution in [2.75, 3.05) is 6.61 Å². The van der Waals surface area contributed by atoms with Gasteiger partial charge in [-0.25, -0.2) is 0 Å². The number of ether oxygens (including phenoxy) is 1. The van der Waals surface area contributed by atoms with Gasteiger partial charge in [0.15, 0.2) is 0 Å². The van der Waals surface area contributed by atoms with Crippen molar-refractivity contribution in [1.82, 2.24) is 0 Å². The van der Waals surface area contributed by atoms with Crippen LogP contribution in [0.5, 0.6) is 5.75 Å². The Labute approximate surface area is 117 Å². The van der Waals surface area contributed by atoms with Crippen molar-refractivity contribution in [2.24, 2.45) is 5.73 Å². The van der Waals surface area contributed by atoms with E-state index in [4.69, 9.17) is 15.9 Å². The quantitative estimate of drug-likeness (QED) is 0.496. The molecule has 0 atom stereocenters. The zero-order chi connectivity index (χ0) is 14.0. The number of benzene rings is 1. The maximum atomic E-state index is 7.69. The van der Waals surface area contributed by atoms with E-state index in [0.717, 1.165) is 20.7 Å². The molecule has 0 aliphatic heterocycles. The van der Waals surface area contributed by atoms with Crippen molar-refractivity contribution >= 4 is 27.3 Å². The van der Waals surface area contributed by atoms with Gasteiger partial charge < -0.3 is 10.5 Å². The minimum atomic E-state index is -0.425. The molecule has 100 valence electrons. The highest BCUT2D eigenvalue weighted by molar-refractivity contribution is 7.19. The van der Waals surface area contributed by atoms with Gasteiger partial charge in [0.2, 0.25) is 0 Å².